The molecule has 0 saturated carbocycles. The molecule has 100 valence electrons. The van der Waals surface area contributed by atoms with Crippen LogP contribution in [0.2, 0.25) is 0 Å². The number of nitrogens with one attached hydrogen (secondary N) is 2. The van der Waals surface area contributed by atoms with Crippen molar-refractivity contribution in [3.05, 3.63) is 35.4 Å². The van der Waals surface area contributed by atoms with Gasteiger partial charge >= 0.3 is 0 Å². The van der Waals surface area contributed by atoms with E-state index in [0.29, 0.717) is 6.04 Å². The number of fused-ring (bicyclic) bond motifs is 1. The number of rotatable bonds is 6. The van der Waals surface area contributed by atoms with Crippen LogP contribution in [0.25, 0.3) is 0 Å². The van der Waals surface area contributed by atoms with Gasteiger partial charge in [0.1, 0.15) is 0 Å². The first-order valence-corrected chi connectivity index (χ1v) is 6.92. The molecule has 3 heteroatoms. The highest BCUT2D eigenvalue weighted by Gasteiger charge is 2.16. The fourth-order valence-electron chi connectivity index (χ4n) is 2.52. The van der Waals surface area contributed by atoms with Crippen molar-refractivity contribution in [1.82, 2.24) is 10.6 Å². The third-order valence-corrected chi connectivity index (χ3v) is 3.52. The van der Waals surface area contributed by atoms with E-state index in [-0.39, 0.29) is 0 Å². The minimum atomic E-state index is 0.499. The second-order valence-electron chi connectivity index (χ2n) is 4.87. The van der Waals surface area contributed by atoms with Crippen LogP contribution >= 0.6 is 0 Å². The van der Waals surface area contributed by atoms with Crippen molar-refractivity contribution in [2.24, 2.45) is 0 Å². The maximum Gasteiger partial charge on any atom is 0.0462 e. The Bertz CT molecular complexity index is 354. The summed E-state index contributed by atoms with van der Waals surface area (Å²) in [6.45, 7) is 4.02. The molecule has 0 saturated heterocycles. The molecule has 0 aliphatic carbocycles. The molecular formula is C15H24N2O. The standard InChI is InChI=1S/C15H24N2O/c1-18-11-5-4-9-17-15-8-10-16-12-13-6-2-3-7-14(13)15/h2-3,6-7,15-17H,4-5,8-12H2,1H3. The number of hydrogen-bond acceptors (Lipinski definition) is 3. The van der Waals surface area contributed by atoms with Crippen molar-refractivity contribution in [1.29, 1.82) is 0 Å². The van der Waals surface area contributed by atoms with Crippen LogP contribution in [-0.2, 0) is 11.3 Å². The topological polar surface area (TPSA) is 33.3 Å². The Morgan fingerprint density at radius 2 is 2.22 bits per heavy atom. The van der Waals surface area contributed by atoms with E-state index in [2.05, 4.69) is 34.9 Å². The zero-order valence-electron chi connectivity index (χ0n) is 11.2. The first-order valence-electron chi connectivity index (χ1n) is 6.92. The minimum absolute atomic E-state index is 0.499. The van der Waals surface area contributed by atoms with Crippen LogP contribution in [0.15, 0.2) is 24.3 Å². The summed E-state index contributed by atoms with van der Waals surface area (Å²) in [6, 6.07) is 9.26. The molecule has 2 rings (SSSR count). The Kier molecular flexibility index (Phi) is 5.65. The van der Waals surface area contributed by atoms with Gasteiger partial charge in [-0.3, -0.25) is 0 Å². The van der Waals surface area contributed by atoms with Crippen LogP contribution < -0.4 is 10.6 Å². The van der Waals surface area contributed by atoms with Gasteiger partial charge in [0.2, 0.25) is 0 Å². The molecule has 3 nitrogen and oxygen atoms in total. The molecule has 0 spiro atoms. The van der Waals surface area contributed by atoms with Gasteiger partial charge in [-0.2, -0.15) is 0 Å². The van der Waals surface area contributed by atoms with Gasteiger partial charge in [0.05, 0.1) is 0 Å². The fraction of sp³-hybridized carbons (Fsp3) is 0.600. The molecule has 1 atom stereocenters. The predicted octanol–water partition coefficient (Wildman–Crippen LogP) is 2.24. The van der Waals surface area contributed by atoms with E-state index in [1.54, 1.807) is 7.11 Å². The van der Waals surface area contributed by atoms with Gasteiger partial charge in [0, 0.05) is 26.3 Å². The van der Waals surface area contributed by atoms with Gasteiger partial charge in [-0.15, -0.1) is 0 Å². The van der Waals surface area contributed by atoms with E-state index in [9.17, 15) is 0 Å². The third-order valence-electron chi connectivity index (χ3n) is 3.52. The Morgan fingerprint density at radius 1 is 1.33 bits per heavy atom. The Balaban J connectivity index is 1.88. The van der Waals surface area contributed by atoms with Crippen molar-refractivity contribution in [3.8, 4) is 0 Å². The zero-order valence-corrected chi connectivity index (χ0v) is 11.2. The van der Waals surface area contributed by atoms with Gasteiger partial charge in [-0.1, -0.05) is 24.3 Å². The molecule has 0 bridgehead atoms. The second-order valence-corrected chi connectivity index (χ2v) is 4.87. The molecule has 0 aromatic heterocycles. The van der Waals surface area contributed by atoms with E-state index >= 15 is 0 Å². The van der Waals surface area contributed by atoms with Gasteiger partial charge in [0.15, 0.2) is 0 Å². The number of unbranched alkanes of at least 4 members (excludes halogenated alkanes) is 1. The van der Waals surface area contributed by atoms with Crippen LogP contribution in [0.1, 0.15) is 36.4 Å². The molecule has 1 aliphatic heterocycles. The van der Waals surface area contributed by atoms with Crippen LogP contribution in [0, 0.1) is 0 Å². The molecule has 1 unspecified atom stereocenters. The molecule has 1 heterocycles. The number of benzene rings is 1. The summed E-state index contributed by atoms with van der Waals surface area (Å²) in [5, 5.41) is 7.17. The summed E-state index contributed by atoms with van der Waals surface area (Å²) in [5.41, 5.74) is 2.90. The zero-order chi connectivity index (χ0) is 12.6. The Hall–Kier alpha value is -0.900. The van der Waals surface area contributed by atoms with Crippen molar-refractivity contribution >= 4 is 0 Å². The van der Waals surface area contributed by atoms with E-state index in [1.165, 1.54) is 24.0 Å². The summed E-state index contributed by atoms with van der Waals surface area (Å²) in [6.07, 6.45) is 3.48. The highest BCUT2D eigenvalue weighted by Crippen LogP contribution is 2.23. The molecule has 1 aliphatic rings. The normalized spacial score (nSPS) is 19.3. The fourth-order valence-corrected chi connectivity index (χ4v) is 2.52. The van der Waals surface area contributed by atoms with Gasteiger partial charge in [-0.25, -0.2) is 0 Å². The van der Waals surface area contributed by atoms with E-state index in [1.807, 2.05) is 0 Å². The monoisotopic (exact) mass is 248 g/mol. The summed E-state index contributed by atoms with van der Waals surface area (Å²) < 4.78 is 5.07. The largest absolute Gasteiger partial charge is 0.385 e. The number of methoxy groups -OCH3 is 1. The Morgan fingerprint density at radius 3 is 3.11 bits per heavy atom. The van der Waals surface area contributed by atoms with Crippen LogP contribution in [0.3, 0.4) is 0 Å². The lowest BCUT2D eigenvalue weighted by atomic mass is 9.99. The highest BCUT2D eigenvalue weighted by molar-refractivity contribution is 5.30. The van der Waals surface area contributed by atoms with Crippen molar-refractivity contribution in [2.75, 3.05) is 26.8 Å². The van der Waals surface area contributed by atoms with Crippen LogP contribution in [0.4, 0.5) is 0 Å². The molecule has 18 heavy (non-hydrogen) atoms. The van der Waals surface area contributed by atoms with Gasteiger partial charge < -0.3 is 15.4 Å². The minimum Gasteiger partial charge on any atom is -0.385 e. The summed E-state index contributed by atoms with van der Waals surface area (Å²) in [5.74, 6) is 0. The molecule has 1 aromatic rings. The third kappa shape index (κ3) is 3.80. The molecular weight excluding hydrogens is 224 g/mol. The van der Waals surface area contributed by atoms with Gasteiger partial charge in [0.25, 0.3) is 0 Å². The van der Waals surface area contributed by atoms with E-state index in [4.69, 9.17) is 4.74 Å². The Labute approximate surface area is 110 Å². The summed E-state index contributed by atoms with van der Waals surface area (Å²) in [7, 11) is 1.76. The quantitative estimate of drug-likeness (QED) is 0.758. The van der Waals surface area contributed by atoms with Crippen molar-refractivity contribution in [3.63, 3.8) is 0 Å². The average molecular weight is 248 g/mol. The maximum atomic E-state index is 5.07. The first-order chi connectivity index (χ1) is 8.92. The van der Waals surface area contributed by atoms with Crippen LogP contribution in [-0.4, -0.2) is 26.8 Å². The smallest absolute Gasteiger partial charge is 0.0462 e. The average Bonchev–Trinajstić information content (AvgIpc) is 2.61. The first kappa shape index (κ1) is 13.5. The predicted molar refractivity (Wildman–Crippen MR) is 74.6 cm³/mol. The lowest BCUT2D eigenvalue weighted by molar-refractivity contribution is 0.192. The molecule has 0 fully saturated rings. The number of hydrogen-bond donors (Lipinski definition) is 2. The molecule has 0 amide bonds. The second kappa shape index (κ2) is 7.52. The highest BCUT2D eigenvalue weighted by atomic mass is 16.5. The molecule has 0 radical (unpaired) electrons. The van der Waals surface area contributed by atoms with Crippen LogP contribution in [0.5, 0.6) is 0 Å². The van der Waals surface area contributed by atoms with Crippen molar-refractivity contribution in [2.45, 2.75) is 31.8 Å². The summed E-state index contributed by atoms with van der Waals surface area (Å²) >= 11 is 0. The van der Waals surface area contributed by atoms with E-state index < -0.39 is 0 Å². The number of ether oxygens (including phenoxy) is 1. The van der Waals surface area contributed by atoms with Gasteiger partial charge in [-0.05, 0) is 43.5 Å². The molecule has 1 aromatic carbocycles. The molecule has 2 N–H and O–H groups in total. The SMILES string of the molecule is COCCCCNC1CCNCc2ccccc21. The maximum absolute atomic E-state index is 5.07. The van der Waals surface area contributed by atoms with Crippen molar-refractivity contribution < 1.29 is 4.74 Å². The summed E-state index contributed by atoms with van der Waals surface area (Å²) in [4.78, 5) is 0. The lowest BCUT2D eigenvalue weighted by Gasteiger charge is -2.19. The lowest BCUT2D eigenvalue weighted by Crippen LogP contribution is -2.24. The van der Waals surface area contributed by atoms with E-state index in [0.717, 1.165) is 32.7 Å².